The van der Waals surface area contributed by atoms with Crippen molar-refractivity contribution in [2.75, 3.05) is 19.7 Å². The number of amides is 2. The summed E-state index contributed by atoms with van der Waals surface area (Å²) in [5.74, 6) is 0.527. The van der Waals surface area contributed by atoms with Gasteiger partial charge >= 0.3 is 6.09 Å². The molecule has 1 aromatic carbocycles. The molecule has 2 rings (SSSR count). The normalized spacial score (nSPS) is 15.6. The molecule has 1 aliphatic rings. The van der Waals surface area contributed by atoms with Crippen LogP contribution in [0, 0.1) is 0 Å². The van der Waals surface area contributed by atoms with Crippen LogP contribution in [0.3, 0.4) is 0 Å². The average molecular weight is 318 g/mol. The zero-order valence-electron chi connectivity index (χ0n) is 14.2. The second-order valence-corrected chi connectivity index (χ2v) is 6.21. The van der Waals surface area contributed by atoms with E-state index >= 15 is 0 Å². The van der Waals surface area contributed by atoms with Gasteiger partial charge < -0.3 is 15.0 Å². The molecule has 0 aromatic heterocycles. The van der Waals surface area contributed by atoms with E-state index in [0.717, 1.165) is 18.4 Å². The molecule has 5 nitrogen and oxygen atoms in total. The minimum absolute atomic E-state index is 0.0647. The van der Waals surface area contributed by atoms with Gasteiger partial charge in [-0.25, -0.2) is 4.79 Å². The largest absolute Gasteiger partial charge is 0.450 e. The Kier molecular flexibility index (Phi) is 6.02. The van der Waals surface area contributed by atoms with E-state index in [9.17, 15) is 9.59 Å². The summed E-state index contributed by atoms with van der Waals surface area (Å²) in [6, 6.07) is 7.93. The number of benzene rings is 1. The number of nitrogens with one attached hydrogen (secondary N) is 1. The first-order chi connectivity index (χ1) is 11.0. The van der Waals surface area contributed by atoms with Crippen LogP contribution in [0.4, 0.5) is 4.79 Å². The fourth-order valence-corrected chi connectivity index (χ4v) is 2.76. The summed E-state index contributed by atoms with van der Waals surface area (Å²) in [5.41, 5.74) is 1.96. The second kappa shape index (κ2) is 7.99. The van der Waals surface area contributed by atoms with Gasteiger partial charge in [-0.3, -0.25) is 4.79 Å². The van der Waals surface area contributed by atoms with E-state index in [1.54, 1.807) is 6.92 Å². The summed E-state index contributed by atoms with van der Waals surface area (Å²) in [6.45, 7) is 7.74. The van der Waals surface area contributed by atoms with Gasteiger partial charge in [-0.15, -0.1) is 0 Å². The van der Waals surface area contributed by atoms with Gasteiger partial charge in [0.1, 0.15) is 0 Å². The quantitative estimate of drug-likeness (QED) is 0.927. The molecule has 1 fully saturated rings. The molecule has 0 saturated carbocycles. The Balaban J connectivity index is 1.87. The molecule has 0 bridgehead atoms. The number of hydrogen-bond acceptors (Lipinski definition) is 3. The lowest BCUT2D eigenvalue weighted by atomic mass is 10.0. The molecule has 1 aromatic rings. The van der Waals surface area contributed by atoms with Crippen LogP contribution in [0.1, 0.15) is 55.5 Å². The van der Waals surface area contributed by atoms with Crippen molar-refractivity contribution < 1.29 is 14.3 Å². The summed E-state index contributed by atoms with van der Waals surface area (Å²) in [5, 5.41) is 2.84. The molecule has 0 aliphatic carbocycles. The molecule has 23 heavy (non-hydrogen) atoms. The van der Waals surface area contributed by atoms with Crippen molar-refractivity contribution in [3.8, 4) is 0 Å². The number of ether oxygens (including phenoxy) is 1. The van der Waals surface area contributed by atoms with Gasteiger partial charge in [0.2, 0.25) is 0 Å². The van der Waals surface area contributed by atoms with E-state index < -0.39 is 0 Å². The Bertz CT molecular complexity index is 532. The molecule has 0 radical (unpaired) electrons. The third-order valence-corrected chi connectivity index (χ3v) is 4.20. The maximum Gasteiger partial charge on any atom is 0.407 e. The zero-order chi connectivity index (χ0) is 16.8. The van der Waals surface area contributed by atoms with Crippen molar-refractivity contribution in [1.82, 2.24) is 10.2 Å². The lowest BCUT2D eigenvalue weighted by Crippen LogP contribution is -2.46. The number of carbonyl (C=O) groups is 2. The molecule has 0 atom stereocenters. The van der Waals surface area contributed by atoms with Crippen molar-refractivity contribution in [1.29, 1.82) is 0 Å². The number of nitrogens with zero attached hydrogens (tertiary/aromatic N) is 1. The summed E-state index contributed by atoms with van der Waals surface area (Å²) < 4.78 is 4.89. The number of rotatable bonds is 4. The molecule has 0 unspecified atom stereocenters. The van der Waals surface area contributed by atoms with Crippen LogP contribution in [-0.2, 0) is 4.74 Å². The SMILES string of the molecule is CCOC(=O)NC1CCN(C(=O)c2ccc(C(C)C)cc2)CC1. The highest BCUT2D eigenvalue weighted by Crippen LogP contribution is 2.18. The summed E-state index contributed by atoms with van der Waals surface area (Å²) in [7, 11) is 0. The van der Waals surface area contributed by atoms with Gasteiger partial charge in [-0.05, 0) is 43.4 Å². The topological polar surface area (TPSA) is 58.6 Å². The molecule has 0 spiro atoms. The third kappa shape index (κ3) is 4.71. The van der Waals surface area contributed by atoms with Crippen molar-refractivity contribution in [3.05, 3.63) is 35.4 Å². The molecule has 1 heterocycles. The summed E-state index contributed by atoms with van der Waals surface area (Å²) in [4.78, 5) is 25.8. The summed E-state index contributed by atoms with van der Waals surface area (Å²) in [6.07, 6.45) is 1.14. The van der Waals surface area contributed by atoms with Crippen LogP contribution in [-0.4, -0.2) is 42.6 Å². The lowest BCUT2D eigenvalue weighted by Gasteiger charge is -2.32. The predicted molar refractivity (Wildman–Crippen MR) is 89.6 cm³/mol. The molecular weight excluding hydrogens is 292 g/mol. The standard InChI is InChI=1S/C18H26N2O3/c1-4-23-18(22)19-16-9-11-20(12-10-16)17(21)15-7-5-14(6-8-15)13(2)3/h5-8,13,16H,4,9-12H2,1-3H3,(H,19,22). The number of hydrogen-bond donors (Lipinski definition) is 1. The van der Waals surface area contributed by atoms with Crippen LogP contribution in [0.5, 0.6) is 0 Å². The molecule has 126 valence electrons. The smallest absolute Gasteiger partial charge is 0.407 e. The third-order valence-electron chi connectivity index (χ3n) is 4.20. The minimum Gasteiger partial charge on any atom is -0.450 e. The molecule has 1 saturated heterocycles. The van der Waals surface area contributed by atoms with Crippen molar-refractivity contribution in [2.45, 2.75) is 45.6 Å². The fraction of sp³-hybridized carbons (Fsp3) is 0.556. The Morgan fingerprint density at radius 2 is 1.83 bits per heavy atom. The highest BCUT2D eigenvalue weighted by Gasteiger charge is 2.24. The van der Waals surface area contributed by atoms with Gasteiger partial charge in [-0.1, -0.05) is 26.0 Å². The number of likely N-dealkylation sites (tertiary alicyclic amines) is 1. The number of alkyl carbamates (subject to hydrolysis) is 1. The molecule has 1 N–H and O–H groups in total. The maximum absolute atomic E-state index is 12.5. The summed E-state index contributed by atoms with van der Waals surface area (Å²) >= 11 is 0. The van der Waals surface area contributed by atoms with E-state index in [1.165, 1.54) is 5.56 Å². The Morgan fingerprint density at radius 1 is 1.22 bits per heavy atom. The van der Waals surface area contributed by atoms with E-state index in [0.29, 0.717) is 25.6 Å². The van der Waals surface area contributed by atoms with E-state index in [2.05, 4.69) is 19.2 Å². The van der Waals surface area contributed by atoms with Crippen molar-refractivity contribution >= 4 is 12.0 Å². The number of carbonyl (C=O) groups excluding carboxylic acids is 2. The highest BCUT2D eigenvalue weighted by molar-refractivity contribution is 5.94. The predicted octanol–water partition coefficient (Wildman–Crippen LogP) is 3.16. The van der Waals surface area contributed by atoms with Crippen molar-refractivity contribution in [3.63, 3.8) is 0 Å². The maximum atomic E-state index is 12.5. The van der Waals surface area contributed by atoms with Gasteiger partial charge in [0.15, 0.2) is 0 Å². The zero-order valence-corrected chi connectivity index (χ0v) is 14.2. The Morgan fingerprint density at radius 3 is 2.35 bits per heavy atom. The first-order valence-corrected chi connectivity index (χ1v) is 8.33. The molecule has 2 amide bonds. The average Bonchev–Trinajstić information content (AvgIpc) is 2.55. The first kappa shape index (κ1) is 17.3. The van der Waals surface area contributed by atoms with Crippen LogP contribution in [0.25, 0.3) is 0 Å². The Labute approximate surface area is 138 Å². The molecule has 5 heteroatoms. The van der Waals surface area contributed by atoms with Crippen LogP contribution < -0.4 is 5.32 Å². The van der Waals surface area contributed by atoms with Gasteiger partial charge in [0.25, 0.3) is 5.91 Å². The second-order valence-electron chi connectivity index (χ2n) is 6.21. The van der Waals surface area contributed by atoms with Crippen LogP contribution in [0.15, 0.2) is 24.3 Å². The van der Waals surface area contributed by atoms with Crippen molar-refractivity contribution in [2.24, 2.45) is 0 Å². The van der Waals surface area contributed by atoms with E-state index in [1.807, 2.05) is 29.2 Å². The molecule has 1 aliphatic heterocycles. The lowest BCUT2D eigenvalue weighted by molar-refractivity contribution is 0.0702. The fourth-order valence-electron chi connectivity index (χ4n) is 2.76. The number of piperidine rings is 1. The van der Waals surface area contributed by atoms with Gasteiger partial charge in [-0.2, -0.15) is 0 Å². The van der Waals surface area contributed by atoms with E-state index in [4.69, 9.17) is 4.74 Å². The Hall–Kier alpha value is -2.04. The first-order valence-electron chi connectivity index (χ1n) is 8.33. The van der Waals surface area contributed by atoms with E-state index in [-0.39, 0.29) is 18.0 Å². The highest BCUT2D eigenvalue weighted by atomic mass is 16.5. The van der Waals surface area contributed by atoms with Gasteiger partial charge in [0, 0.05) is 24.7 Å². The minimum atomic E-state index is -0.374. The van der Waals surface area contributed by atoms with Crippen LogP contribution in [0.2, 0.25) is 0 Å². The van der Waals surface area contributed by atoms with Crippen LogP contribution >= 0.6 is 0 Å². The monoisotopic (exact) mass is 318 g/mol. The molecular formula is C18H26N2O3. The van der Waals surface area contributed by atoms with Gasteiger partial charge in [0.05, 0.1) is 6.61 Å².